The second-order valence-electron chi connectivity index (χ2n) is 7.42. The van der Waals surface area contributed by atoms with E-state index >= 15 is 0 Å². The van der Waals surface area contributed by atoms with Gasteiger partial charge in [-0.3, -0.25) is 9.59 Å². The molecule has 0 atom stereocenters. The molecule has 30 heavy (non-hydrogen) atoms. The summed E-state index contributed by atoms with van der Waals surface area (Å²) in [7, 11) is 0. The van der Waals surface area contributed by atoms with Gasteiger partial charge in [0, 0.05) is 24.5 Å². The van der Waals surface area contributed by atoms with Crippen LogP contribution in [0.15, 0.2) is 52.6 Å². The summed E-state index contributed by atoms with van der Waals surface area (Å²) in [6.07, 6.45) is 5.01. The normalized spacial score (nSPS) is 14.3. The number of anilines is 3. The van der Waals surface area contributed by atoms with Crippen molar-refractivity contribution in [1.29, 1.82) is 0 Å². The molecule has 0 aliphatic carbocycles. The number of nitrogens with two attached hydrogens (primary N) is 1. The average Bonchev–Trinajstić information content (AvgIpc) is 3.14. The highest BCUT2D eigenvalue weighted by atomic mass is 32.1. The molecule has 0 saturated carbocycles. The molecule has 2 aromatic heterocycles. The van der Waals surface area contributed by atoms with Gasteiger partial charge in [0.2, 0.25) is 5.91 Å². The van der Waals surface area contributed by atoms with Gasteiger partial charge < -0.3 is 16.0 Å². The summed E-state index contributed by atoms with van der Waals surface area (Å²) in [6, 6.07) is 13.2. The Labute approximate surface area is 179 Å². The first kappa shape index (κ1) is 20.2. The van der Waals surface area contributed by atoms with E-state index in [1.807, 2.05) is 41.8 Å². The topological polar surface area (TPSA) is 93.2 Å². The summed E-state index contributed by atoms with van der Waals surface area (Å²) in [6.45, 7) is 1.95. The Kier molecular flexibility index (Phi) is 6.13. The number of thiophene rings is 1. The fourth-order valence-electron chi connectivity index (χ4n) is 3.64. The maximum atomic E-state index is 12.5. The Balaban J connectivity index is 1.44. The third-order valence-electron chi connectivity index (χ3n) is 5.19. The maximum absolute atomic E-state index is 12.5. The van der Waals surface area contributed by atoms with Crippen molar-refractivity contribution >= 4 is 34.3 Å². The number of carbonyl (C=O) groups is 1. The minimum atomic E-state index is -0.470. The second-order valence-corrected chi connectivity index (χ2v) is 8.37. The lowest BCUT2D eigenvalue weighted by atomic mass is 10.2. The van der Waals surface area contributed by atoms with Crippen LogP contribution in [-0.4, -0.2) is 28.8 Å². The molecule has 1 amide bonds. The van der Waals surface area contributed by atoms with Crippen molar-refractivity contribution in [2.45, 2.75) is 32.2 Å². The molecule has 7 nitrogen and oxygen atoms in total. The van der Waals surface area contributed by atoms with Gasteiger partial charge in [-0.15, -0.1) is 11.3 Å². The summed E-state index contributed by atoms with van der Waals surface area (Å²) in [5.41, 5.74) is 7.89. The van der Waals surface area contributed by atoms with Crippen LogP contribution in [0.5, 0.6) is 0 Å². The third kappa shape index (κ3) is 4.71. The van der Waals surface area contributed by atoms with Crippen LogP contribution in [0.4, 0.5) is 17.1 Å². The minimum Gasteiger partial charge on any atom is -0.394 e. The highest BCUT2D eigenvalue weighted by molar-refractivity contribution is 7.13. The Morgan fingerprint density at radius 1 is 1.10 bits per heavy atom. The quantitative estimate of drug-likeness (QED) is 0.654. The largest absolute Gasteiger partial charge is 0.394 e. The standard InChI is InChI=1S/C22H25N5O2S/c23-18-14-19(20-6-5-13-30-20)25-27(22(18)29)15-21(28)24-16-7-9-17(10-8-16)26-11-3-1-2-4-12-26/h5-10,13-14H,1-4,11-12,15,23H2,(H,24,28). The summed E-state index contributed by atoms with van der Waals surface area (Å²) < 4.78 is 1.12. The average molecular weight is 424 g/mol. The zero-order valence-corrected chi connectivity index (χ0v) is 17.5. The molecule has 1 aromatic carbocycles. The fourth-order valence-corrected chi connectivity index (χ4v) is 4.32. The Hall–Kier alpha value is -3.13. The number of nitrogen functional groups attached to an aromatic ring is 1. The molecule has 1 aliphatic heterocycles. The van der Waals surface area contributed by atoms with E-state index in [9.17, 15) is 9.59 Å². The monoisotopic (exact) mass is 423 g/mol. The van der Waals surface area contributed by atoms with Crippen LogP contribution in [-0.2, 0) is 11.3 Å². The van der Waals surface area contributed by atoms with E-state index in [0.717, 1.165) is 22.6 Å². The van der Waals surface area contributed by atoms with Crippen molar-refractivity contribution in [3.63, 3.8) is 0 Å². The molecule has 1 aliphatic rings. The van der Waals surface area contributed by atoms with Gasteiger partial charge in [0.1, 0.15) is 17.9 Å². The second kappa shape index (κ2) is 9.13. The Bertz CT molecular complexity index is 1050. The number of rotatable bonds is 5. The molecule has 0 unspecified atom stereocenters. The molecule has 3 heterocycles. The van der Waals surface area contributed by atoms with Gasteiger partial charge in [0.25, 0.3) is 5.56 Å². The van der Waals surface area contributed by atoms with Gasteiger partial charge in [-0.25, -0.2) is 4.68 Å². The van der Waals surface area contributed by atoms with E-state index in [1.165, 1.54) is 42.7 Å². The number of amides is 1. The highest BCUT2D eigenvalue weighted by Crippen LogP contribution is 2.23. The first-order valence-corrected chi connectivity index (χ1v) is 11.0. The van der Waals surface area contributed by atoms with Gasteiger partial charge in [0.05, 0.1) is 4.88 Å². The first-order valence-electron chi connectivity index (χ1n) is 10.2. The smallest absolute Gasteiger partial charge is 0.290 e. The van der Waals surface area contributed by atoms with Crippen LogP contribution in [0.25, 0.3) is 10.6 Å². The molecule has 0 spiro atoms. The minimum absolute atomic E-state index is 0.0722. The fraction of sp³-hybridized carbons (Fsp3) is 0.318. The molecule has 0 bridgehead atoms. The number of benzene rings is 1. The lowest BCUT2D eigenvalue weighted by molar-refractivity contribution is -0.117. The van der Waals surface area contributed by atoms with Crippen LogP contribution in [0, 0.1) is 0 Å². The molecule has 1 fully saturated rings. The number of hydrogen-bond donors (Lipinski definition) is 2. The highest BCUT2D eigenvalue weighted by Gasteiger charge is 2.13. The number of nitrogens with zero attached hydrogens (tertiary/aromatic N) is 3. The maximum Gasteiger partial charge on any atom is 0.290 e. The summed E-state index contributed by atoms with van der Waals surface area (Å²) in [4.78, 5) is 28.1. The summed E-state index contributed by atoms with van der Waals surface area (Å²) in [5.74, 6) is -0.324. The Morgan fingerprint density at radius 3 is 2.50 bits per heavy atom. The zero-order chi connectivity index (χ0) is 20.9. The summed E-state index contributed by atoms with van der Waals surface area (Å²) >= 11 is 1.50. The molecular weight excluding hydrogens is 398 g/mol. The van der Waals surface area contributed by atoms with Gasteiger partial charge in [-0.2, -0.15) is 5.10 Å². The van der Waals surface area contributed by atoms with E-state index in [2.05, 4.69) is 15.3 Å². The molecule has 156 valence electrons. The van der Waals surface area contributed by atoms with E-state index in [-0.39, 0.29) is 18.1 Å². The predicted octanol–water partition coefficient (Wildman–Crippen LogP) is 3.57. The van der Waals surface area contributed by atoms with Gasteiger partial charge >= 0.3 is 0 Å². The number of nitrogens with one attached hydrogen (secondary N) is 1. The van der Waals surface area contributed by atoms with E-state index in [1.54, 1.807) is 6.07 Å². The molecule has 3 N–H and O–H groups in total. The van der Waals surface area contributed by atoms with Crippen LogP contribution in [0.2, 0.25) is 0 Å². The lowest BCUT2D eigenvalue weighted by Gasteiger charge is -2.22. The molecule has 1 saturated heterocycles. The molecule has 4 rings (SSSR count). The van der Waals surface area contributed by atoms with Crippen molar-refractivity contribution in [2.24, 2.45) is 0 Å². The predicted molar refractivity (Wildman–Crippen MR) is 122 cm³/mol. The van der Waals surface area contributed by atoms with Gasteiger partial charge in [0.15, 0.2) is 0 Å². The molecule has 3 aromatic rings. The summed E-state index contributed by atoms with van der Waals surface area (Å²) in [5, 5.41) is 9.07. The zero-order valence-electron chi connectivity index (χ0n) is 16.7. The van der Waals surface area contributed by atoms with Crippen molar-refractivity contribution in [3.8, 4) is 10.6 Å². The van der Waals surface area contributed by atoms with E-state index < -0.39 is 5.56 Å². The SMILES string of the molecule is Nc1cc(-c2cccs2)nn(CC(=O)Nc2ccc(N3CCCCCC3)cc2)c1=O. The molecule has 0 radical (unpaired) electrons. The lowest BCUT2D eigenvalue weighted by Crippen LogP contribution is -2.31. The first-order chi connectivity index (χ1) is 14.6. The van der Waals surface area contributed by atoms with Crippen LogP contribution < -0.4 is 21.5 Å². The van der Waals surface area contributed by atoms with Gasteiger partial charge in [-0.05, 0) is 54.6 Å². The van der Waals surface area contributed by atoms with E-state index in [0.29, 0.717) is 11.4 Å². The van der Waals surface area contributed by atoms with Crippen LogP contribution >= 0.6 is 11.3 Å². The van der Waals surface area contributed by atoms with Crippen LogP contribution in [0.3, 0.4) is 0 Å². The Morgan fingerprint density at radius 2 is 1.83 bits per heavy atom. The van der Waals surface area contributed by atoms with Crippen molar-refractivity contribution in [3.05, 3.63) is 58.2 Å². The third-order valence-corrected chi connectivity index (χ3v) is 6.08. The number of hydrogen-bond acceptors (Lipinski definition) is 6. The van der Waals surface area contributed by atoms with Crippen molar-refractivity contribution in [1.82, 2.24) is 9.78 Å². The van der Waals surface area contributed by atoms with Crippen molar-refractivity contribution < 1.29 is 4.79 Å². The van der Waals surface area contributed by atoms with Crippen LogP contribution in [0.1, 0.15) is 25.7 Å². The molecule has 8 heteroatoms. The number of carbonyl (C=O) groups excluding carboxylic acids is 1. The van der Waals surface area contributed by atoms with E-state index in [4.69, 9.17) is 5.73 Å². The molecular formula is C22H25N5O2S. The van der Waals surface area contributed by atoms with Gasteiger partial charge in [-0.1, -0.05) is 18.9 Å². The van der Waals surface area contributed by atoms with Crippen molar-refractivity contribution in [2.75, 3.05) is 29.0 Å². The number of aromatic nitrogens is 2.